The van der Waals surface area contributed by atoms with Gasteiger partial charge in [-0.3, -0.25) is 10.3 Å². The molecule has 3 rings (SSSR count). The van der Waals surface area contributed by atoms with Crippen molar-refractivity contribution in [3.63, 3.8) is 0 Å². The van der Waals surface area contributed by atoms with Crippen molar-refractivity contribution in [2.24, 2.45) is 0 Å². The first-order chi connectivity index (χ1) is 9.31. The van der Waals surface area contributed by atoms with Crippen molar-refractivity contribution in [2.45, 2.75) is 6.10 Å². The van der Waals surface area contributed by atoms with Crippen LogP contribution in [-0.2, 0) is 4.84 Å². The van der Waals surface area contributed by atoms with Crippen molar-refractivity contribution < 1.29 is 9.57 Å². The largest absolute Gasteiger partial charge is 0.457 e. The minimum absolute atomic E-state index is 0.103. The third-order valence-electron chi connectivity index (χ3n) is 2.75. The van der Waals surface area contributed by atoms with Crippen LogP contribution in [0.5, 0.6) is 11.5 Å². The van der Waals surface area contributed by atoms with Gasteiger partial charge in [-0.1, -0.05) is 30.3 Å². The highest BCUT2D eigenvalue weighted by atomic mass is 79.9. The molecule has 1 heterocycles. The molecular formula is C15H12BrNO2. The van der Waals surface area contributed by atoms with Crippen molar-refractivity contribution in [2.75, 3.05) is 0 Å². The fourth-order valence-corrected chi connectivity index (χ4v) is 2.20. The second kappa shape index (κ2) is 5.47. The molecule has 0 saturated heterocycles. The summed E-state index contributed by atoms with van der Waals surface area (Å²) in [4.78, 5) is 5.41. The molecule has 1 atom stereocenters. The summed E-state index contributed by atoms with van der Waals surface area (Å²) in [7, 11) is 0. The number of benzene rings is 2. The zero-order valence-electron chi connectivity index (χ0n) is 10.0. The molecule has 0 unspecified atom stereocenters. The predicted octanol–water partition coefficient (Wildman–Crippen LogP) is 4.29. The highest BCUT2D eigenvalue weighted by Crippen LogP contribution is 2.29. The van der Waals surface area contributed by atoms with E-state index in [1.165, 1.54) is 0 Å². The summed E-state index contributed by atoms with van der Waals surface area (Å²) in [6.07, 6.45) is 1.86. The first-order valence-electron chi connectivity index (χ1n) is 5.93. The molecule has 1 aliphatic heterocycles. The van der Waals surface area contributed by atoms with Crippen LogP contribution in [-0.4, -0.2) is 0 Å². The topological polar surface area (TPSA) is 30.5 Å². The van der Waals surface area contributed by atoms with Gasteiger partial charge in [-0.2, -0.15) is 0 Å². The van der Waals surface area contributed by atoms with E-state index < -0.39 is 0 Å². The Hall–Kier alpha value is -1.78. The maximum absolute atomic E-state index is 5.80. The van der Waals surface area contributed by atoms with Gasteiger partial charge in [-0.05, 0) is 51.8 Å². The molecule has 0 aliphatic carbocycles. The van der Waals surface area contributed by atoms with E-state index in [2.05, 4.69) is 21.4 Å². The van der Waals surface area contributed by atoms with Crippen LogP contribution in [0.2, 0.25) is 0 Å². The monoisotopic (exact) mass is 317 g/mol. The maximum Gasteiger partial charge on any atom is 0.132 e. The average Bonchev–Trinajstić information content (AvgIpc) is 2.87. The third kappa shape index (κ3) is 2.97. The lowest BCUT2D eigenvalue weighted by atomic mass is 10.1. The van der Waals surface area contributed by atoms with Crippen LogP contribution in [0.1, 0.15) is 11.7 Å². The van der Waals surface area contributed by atoms with Gasteiger partial charge in [-0.25, -0.2) is 0 Å². The molecule has 0 radical (unpaired) electrons. The summed E-state index contributed by atoms with van der Waals surface area (Å²) in [5.74, 6) is 1.62. The number of hydrogen-bond donors (Lipinski definition) is 1. The Morgan fingerprint density at radius 2 is 1.79 bits per heavy atom. The molecule has 1 N–H and O–H groups in total. The Bertz CT molecular complexity index is 598. The van der Waals surface area contributed by atoms with E-state index in [1.54, 1.807) is 0 Å². The number of halogens is 1. The number of nitrogens with one attached hydrogen (secondary N) is 1. The van der Waals surface area contributed by atoms with Crippen molar-refractivity contribution in [1.29, 1.82) is 0 Å². The molecule has 0 spiro atoms. The summed E-state index contributed by atoms with van der Waals surface area (Å²) >= 11 is 3.34. The fourth-order valence-electron chi connectivity index (χ4n) is 1.86. The van der Waals surface area contributed by atoms with Gasteiger partial charge < -0.3 is 4.74 Å². The number of hydrogen-bond acceptors (Lipinski definition) is 3. The van der Waals surface area contributed by atoms with Gasteiger partial charge in [0, 0.05) is 0 Å². The number of hydroxylamine groups is 1. The summed E-state index contributed by atoms with van der Waals surface area (Å²) in [5, 5.41) is 0. The van der Waals surface area contributed by atoms with Gasteiger partial charge in [0.15, 0.2) is 0 Å². The van der Waals surface area contributed by atoms with Crippen LogP contribution in [0.25, 0.3) is 0 Å². The van der Waals surface area contributed by atoms with Crippen LogP contribution >= 0.6 is 15.9 Å². The summed E-state index contributed by atoms with van der Waals surface area (Å²) in [5.41, 5.74) is 3.81. The molecule has 0 fully saturated rings. The molecule has 0 aromatic heterocycles. The van der Waals surface area contributed by atoms with Crippen molar-refractivity contribution in [3.8, 4) is 11.5 Å². The molecule has 3 nitrogen and oxygen atoms in total. The Morgan fingerprint density at radius 1 is 1.00 bits per heavy atom. The summed E-state index contributed by atoms with van der Waals surface area (Å²) < 4.78 is 6.64. The second-order valence-electron chi connectivity index (χ2n) is 4.14. The predicted molar refractivity (Wildman–Crippen MR) is 76.9 cm³/mol. The highest BCUT2D eigenvalue weighted by Gasteiger charge is 2.17. The molecule has 0 bridgehead atoms. The second-order valence-corrected chi connectivity index (χ2v) is 5.00. The van der Waals surface area contributed by atoms with E-state index >= 15 is 0 Å². The van der Waals surface area contributed by atoms with E-state index in [1.807, 2.05) is 60.7 Å². The minimum Gasteiger partial charge on any atom is -0.457 e. The van der Waals surface area contributed by atoms with E-state index in [9.17, 15) is 0 Å². The zero-order chi connectivity index (χ0) is 13.1. The molecule has 1 aliphatic rings. The van der Waals surface area contributed by atoms with Gasteiger partial charge in [0.2, 0.25) is 0 Å². The first-order valence-corrected chi connectivity index (χ1v) is 6.72. The minimum atomic E-state index is -0.103. The van der Waals surface area contributed by atoms with E-state index in [0.29, 0.717) is 0 Å². The molecule has 0 amide bonds. The lowest BCUT2D eigenvalue weighted by Gasteiger charge is -2.10. The Balaban J connectivity index is 1.80. The number of ether oxygens (including phenoxy) is 1. The van der Waals surface area contributed by atoms with Crippen LogP contribution in [0.4, 0.5) is 0 Å². The fraction of sp³-hybridized carbons (Fsp3) is 0.0667. The Morgan fingerprint density at radius 3 is 2.53 bits per heavy atom. The number of rotatable bonds is 3. The van der Waals surface area contributed by atoms with Crippen LogP contribution in [0, 0.1) is 0 Å². The van der Waals surface area contributed by atoms with Gasteiger partial charge in [0.1, 0.15) is 22.2 Å². The standard InChI is InChI=1S/C15H12BrNO2/c16-15-10-14(19-17-15)11-5-4-8-13(9-11)18-12-6-2-1-3-7-12/h1-10,14,17H/t14-/m0/s1. The van der Waals surface area contributed by atoms with Crippen LogP contribution in [0.15, 0.2) is 65.3 Å². The van der Waals surface area contributed by atoms with E-state index in [0.717, 1.165) is 21.7 Å². The SMILES string of the molecule is BrC1=C[C@@H](c2cccc(Oc3ccccc3)c2)ON1. The van der Waals surface area contributed by atoms with Crippen LogP contribution in [0.3, 0.4) is 0 Å². The van der Waals surface area contributed by atoms with Gasteiger partial charge in [0.05, 0.1) is 0 Å². The van der Waals surface area contributed by atoms with Gasteiger partial charge in [-0.15, -0.1) is 0 Å². The van der Waals surface area contributed by atoms with Gasteiger partial charge >= 0.3 is 0 Å². The summed E-state index contributed by atoms with van der Waals surface area (Å²) in [6.45, 7) is 0. The van der Waals surface area contributed by atoms with Crippen molar-refractivity contribution in [1.82, 2.24) is 5.48 Å². The van der Waals surface area contributed by atoms with Crippen LogP contribution < -0.4 is 10.2 Å². The molecular weight excluding hydrogens is 306 g/mol. The molecule has 0 saturated carbocycles. The lowest BCUT2D eigenvalue weighted by Crippen LogP contribution is -2.05. The molecule has 19 heavy (non-hydrogen) atoms. The Kier molecular flexibility index (Phi) is 3.53. The average molecular weight is 318 g/mol. The van der Waals surface area contributed by atoms with E-state index in [4.69, 9.17) is 9.57 Å². The zero-order valence-corrected chi connectivity index (χ0v) is 11.6. The number of para-hydroxylation sites is 1. The molecule has 4 heteroatoms. The normalized spacial score (nSPS) is 17.7. The summed E-state index contributed by atoms with van der Waals surface area (Å²) in [6, 6.07) is 17.6. The quantitative estimate of drug-likeness (QED) is 0.856. The first kappa shape index (κ1) is 12.3. The third-order valence-corrected chi connectivity index (χ3v) is 3.17. The Labute approximate surface area is 119 Å². The maximum atomic E-state index is 5.80. The highest BCUT2D eigenvalue weighted by molar-refractivity contribution is 9.11. The van der Waals surface area contributed by atoms with Crippen molar-refractivity contribution in [3.05, 3.63) is 70.8 Å². The molecule has 2 aromatic carbocycles. The molecule has 2 aromatic rings. The van der Waals surface area contributed by atoms with Crippen molar-refractivity contribution >= 4 is 15.9 Å². The lowest BCUT2D eigenvalue weighted by molar-refractivity contribution is 0.0457. The smallest absolute Gasteiger partial charge is 0.132 e. The molecule has 96 valence electrons. The van der Waals surface area contributed by atoms with Gasteiger partial charge in [0.25, 0.3) is 0 Å². The van der Waals surface area contributed by atoms with E-state index in [-0.39, 0.29) is 6.10 Å².